The summed E-state index contributed by atoms with van der Waals surface area (Å²) >= 11 is 1.52. The van der Waals surface area contributed by atoms with E-state index in [4.69, 9.17) is 9.47 Å². The van der Waals surface area contributed by atoms with Gasteiger partial charge in [0, 0.05) is 13.5 Å². The third-order valence-corrected chi connectivity index (χ3v) is 4.38. The van der Waals surface area contributed by atoms with E-state index >= 15 is 0 Å². The molecule has 1 N–H and O–H groups in total. The Morgan fingerprint density at radius 2 is 1.95 bits per heavy atom. The number of rotatable bonds is 7. The Bertz CT molecular complexity index is 561. The first-order valence-corrected chi connectivity index (χ1v) is 7.70. The van der Waals surface area contributed by atoms with E-state index in [0.29, 0.717) is 19.6 Å². The van der Waals surface area contributed by atoms with Gasteiger partial charge in [-0.15, -0.1) is 11.3 Å². The van der Waals surface area contributed by atoms with Crippen LogP contribution in [0.1, 0.15) is 29.4 Å². The van der Waals surface area contributed by atoms with Gasteiger partial charge in [0.25, 0.3) is 0 Å². The molecule has 0 unspecified atom stereocenters. The first-order valence-electron chi connectivity index (χ1n) is 6.89. The average molecular weight is 307 g/mol. The van der Waals surface area contributed by atoms with Crippen molar-refractivity contribution in [3.63, 3.8) is 0 Å². The van der Waals surface area contributed by atoms with Crippen molar-refractivity contribution in [1.29, 1.82) is 0 Å². The minimum atomic E-state index is -0.899. The lowest BCUT2D eigenvalue weighted by molar-refractivity contribution is 0.0782. The van der Waals surface area contributed by atoms with E-state index in [9.17, 15) is 5.11 Å². The van der Waals surface area contributed by atoms with Gasteiger partial charge in [0.1, 0.15) is 5.75 Å². The molecule has 0 aliphatic heterocycles. The van der Waals surface area contributed by atoms with Crippen molar-refractivity contribution in [1.82, 2.24) is 4.98 Å². The zero-order valence-corrected chi connectivity index (χ0v) is 13.4. The molecule has 0 radical (unpaired) electrons. The Balaban J connectivity index is 2.00. The number of aliphatic hydroxyl groups is 1. The number of hydrogen-bond acceptors (Lipinski definition) is 5. The van der Waals surface area contributed by atoms with Gasteiger partial charge in [-0.1, -0.05) is 18.2 Å². The number of nitrogens with zero attached hydrogens (tertiary/aromatic N) is 1. The van der Waals surface area contributed by atoms with E-state index in [0.717, 1.165) is 21.3 Å². The number of benzene rings is 1. The molecule has 0 fully saturated rings. The average Bonchev–Trinajstić information content (AvgIpc) is 2.84. The summed E-state index contributed by atoms with van der Waals surface area (Å²) < 4.78 is 10.8. The van der Waals surface area contributed by atoms with E-state index in [1.807, 2.05) is 30.3 Å². The molecule has 21 heavy (non-hydrogen) atoms. The molecule has 1 aromatic heterocycles. The summed E-state index contributed by atoms with van der Waals surface area (Å²) in [4.78, 5) is 5.41. The van der Waals surface area contributed by atoms with Crippen molar-refractivity contribution in [2.75, 3.05) is 13.7 Å². The summed E-state index contributed by atoms with van der Waals surface area (Å²) in [6.07, 6.45) is 0.715. The van der Waals surface area contributed by atoms with E-state index < -0.39 is 5.60 Å². The Hall–Kier alpha value is -1.43. The maximum atomic E-state index is 10.2. The number of ether oxygens (including phenoxy) is 2. The van der Waals surface area contributed by atoms with Crippen LogP contribution in [0.5, 0.6) is 5.75 Å². The van der Waals surface area contributed by atoms with E-state index in [1.165, 1.54) is 11.3 Å². The smallest absolute Gasteiger partial charge is 0.119 e. The molecular weight excluding hydrogens is 286 g/mol. The minimum Gasteiger partial charge on any atom is -0.493 e. The SMILES string of the molecule is COCc1nc(CCOc2ccccc2)sc1C(C)(C)O. The Kier molecular flexibility index (Phi) is 5.33. The van der Waals surface area contributed by atoms with Crippen LogP contribution in [0.15, 0.2) is 30.3 Å². The van der Waals surface area contributed by atoms with Crippen molar-refractivity contribution < 1.29 is 14.6 Å². The van der Waals surface area contributed by atoms with Crippen LogP contribution in [0.3, 0.4) is 0 Å². The summed E-state index contributed by atoms with van der Waals surface area (Å²) in [7, 11) is 1.63. The second-order valence-electron chi connectivity index (χ2n) is 5.29. The van der Waals surface area contributed by atoms with Crippen LogP contribution in [0.2, 0.25) is 0 Å². The fourth-order valence-corrected chi connectivity index (χ4v) is 3.04. The summed E-state index contributed by atoms with van der Waals surface area (Å²) in [6, 6.07) is 9.71. The van der Waals surface area contributed by atoms with Crippen LogP contribution in [0.4, 0.5) is 0 Å². The van der Waals surface area contributed by atoms with E-state index in [2.05, 4.69) is 4.98 Å². The van der Waals surface area contributed by atoms with Gasteiger partial charge >= 0.3 is 0 Å². The molecule has 0 bridgehead atoms. The molecule has 5 heteroatoms. The largest absolute Gasteiger partial charge is 0.493 e. The predicted octanol–water partition coefficient (Wildman–Crippen LogP) is 3.14. The molecule has 1 heterocycles. The molecular formula is C16H21NO3S. The third kappa shape index (κ3) is 4.52. The zero-order valence-electron chi connectivity index (χ0n) is 12.6. The number of aromatic nitrogens is 1. The fraction of sp³-hybridized carbons (Fsp3) is 0.438. The van der Waals surface area contributed by atoms with Crippen LogP contribution in [0.25, 0.3) is 0 Å². The summed E-state index contributed by atoms with van der Waals surface area (Å²) in [5.74, 6) is 0.855. The maximum absolute atomic E-state index is 10.2. The molecule has 0 aliphatic rings. The number of para-hydroxylation sites is 1. The van der Waals surface area contributed by atoms with Crippen LogP contribution in [0, 0.1) is 0 Å². The molecule has 0 atom stereocenters. The monoisotopic (exact) mass is 307 g/mol. The summed E-state index contributed by atoms with van der Waals surface area (Å²) in [5.41, 5.74) is -0.0888. The lowest BCUT2D eigenvalue weighted by Crippen LogP contribution is -2.16. The van der Waals surface area contributed by atoms with Gasteiger partial charge in [-0.05, 0) is 26.0 Å². The second kappa shape index (κ2) is 7.02. The maximum Gasteiger partial charge on any atom is 0.119 e. The molecule has 4 nitrogen and oxygen atoms in total. The molecule has 0 saturated carbocycles. The topological polar surface area (TPSA) is 51.6 Å². The van der Waals surface area contributed by atoms with Gasteiger partial charge in [-0.2, -0.15) is 0 Å². The van der Waals surface area contributed by atoms with Crippen molar-refractivity contribution in [2.24, 2.45) is 0 Å². The highest BCUT2D eigenvalue weighted by atomic mass is 32.1. The van der Waals surface area contributed by atoms with E-state index in [1.54, 1.807) is 21.0 Å². The Morgan fingerprint density at radius 1 is 1.24 bits per heavy atom. The standard InChI is InChI=1S/C16H21NO3S/c1-16(2,18)15-13(11-19-3)17-14(21-15)9-10-20-12-7-5-4-6-8-12/h4-8,18H,9-11H2,1-3H3. The van der Waals surface area contributed by atoms with Gasteiger partial charge in [-0.3, -0.25) is 0 Å². The molecule has 0 spiro atoms. The zero-order chi connectivity index (χ0) is 15.3. The highest BCUT2D eigenvalue weighted by Crippen LogP contribution is 2.30. The summed E-state index contributed by atoms with van der Waals surface area (Å²) in [6.45, 7) is 4.51. The molecule has 2 rings (SSSR count). The Labute approximate surface area is 129 Å². The third-order valence-electron chi connectivity index (χ3n) is 2.91. The minimum absolute atomic E-state index is 0.412. The highest BCUT2D eigenvalue weighted by molar-refractivity contribution is 7.11. The van der Waals surface area contributed by atoms with Gasteiger partial charge in [0.05, 0.1) is 34.4 Å². The van der Waals surface area contributed by atoms with Gasteiger partial charge < -0.3 is 14.6 Å². The lowest BCUT2D eigenvalue weighted by Gasteiger charge is -2.16. The van der Waals surface area contributed by atoms with Gasteiger partial charge in [-0.25, -0.2) is 4.98 Å². The van der Waals surface area contributed by atoms with Crippen LogP contribution >= 0.6 is 11.3 Å². The van der Waals surface area contributed by atoms with Crippen molar-refractivity contribution in [3.8, 4) is 5.75 Å². The second-order valence-corrected chi connectivity index (χ2v) is 6.37. The molecule has 0 amide bonds. The Morgan fingerprint density at radius 3 is 2.57 bits per heavy atom. The summed E-state index contributed by atoms with van der Waals surface area (Å²) in [5, 5.41) is 11.2. The number of hydrogen-bond donors (Lipinski definition) is 1. The van der Waals surface area contributed by atoms with E-state index in [-0.39, 0.29) is 0 Å². The quantitative estimate of drug-likeness (QED) is 0.854. The van der Waals surface area contributed by atoms with Crippen molar-refractivity contribution >= 4 is 11.3 Å². The van der Waals surface area contributed by atoms with Gasteiger partial charge in [0.15, 0.2) is 0 Å². The predicted molar refractivity (Wildman–Crippen MR) is 83.7 cm³/mol. The molecule has 1 aromatic carbocycles. The molecule has 0 saturated heterocycles. The molecule has 2 aromatic rings. The normalized spacial score (nSPS) is 11.6. The van der Waals surface area contributed by atoms with Crippen molar-refractivity contribution in [2.45, 2.75) is 32.5 Å². The highest BCUT2D eigenvalue weighted by Gasteiger charge is 2.24. The van der Waals surface area contributed by atoms with Crippen LogP contribution < -0.4 is 4.74 Å². The first-order chi connectivity index (χ1) is 10.0. The van der Waals surface area contributed by atoms with Gasteiger partial charge in [0.2, 0.25) is 0 Å². The molecule has 0 aliphatic carbocycles. The van der Waals surface area contributed by atoms with Crippen LogP contribution in [-0.2, 0) is 23.4 Å². The van der Waals surface area contributed by atoms with Crippen LogP contribution in [-0.4, -0.2) is 23.8 Å². The van der Waals surface area contributed by atoms with Crippen molar-refractivity contribution in [3.05, 3.63) is 45.9 Å². The lowest BCUT2D eigenvalue weighted by atomic mass is 10.1. The first kappa shape index (κ1) is 15.9. The number of thiazole rings is 1. The molecule has 114 valence electrons. The fourth-order valence-electron chi connectivity index (χ4n) is 1.99. The number of methoxy groups -OCH3 is 1.